The van der Waals surface area contributed by atoms with E-state index in [2.05, 4.69) is 13.8 Å². The van der Waals surface area contributed by atoms with E-state index >= 15 is 0 Å². The lowest BCUT2D eigenvalue weighted by Crippen LogP contribution is -2.52. The fourth-order valence-electron chi connectivity index (χ4n) is 2.26. The van der Waals surface area contributed by atoms with Gasteiger partial charge in [-0.3, -0.25) is 9.59 Å². The van der Waals surface area contributed by atoms with Gasteiger partial charge >= 0.3 is 11.9 Å². The van der Waals surface area contributed by atoms with Gasteiger partial charge in [0, 0.05) is 0 Å². The van der Waals surface area contributed by atoms with Crippen LogP contribution in [0.5, 0.6) is 0 Å². The minimum Gasteiger partial charge on any atom is -0.465 e. The monoisotopic (exact) mass is 242 g/mol. The Kier molecular flexibility index (Phi) is 4.54. The van der Waals surface area contributed by atoms with Crippen molar-refractivity contribution in [1.82, 2.24) is 0 Å². The molecule has 0 atom stereocenters. The summed E-state index contributed by atoms with van der Waals surface area (Å²) in [6.45, 7) is 8.29. The highest BCUT2D eigenvalue weighted by Crippen LogP contribution is 2.50. The van der Waals surface area contributed by atoms with Crippen LogP contribution in [-0.2, 0) is 19.1 Å². The number of esters is 2. The van der Waals surface area contributed by atoms with Crippen molar-refractivity contribution in [2.75, 3.05) is 13.2 Å². The highest BCUT2D eigenvalue weighted by molar-refractivity contribution is 6.01. The Bertz CT molecular complexity index is 270. The third-order valence-corrected chi connectivity index (χ3v) is 3.50. The normalized spacial score (nSPS) is 18.6. The van der Waals surface area contributed by atoms with E-state index in [-0.39, 0.29) is 0 Å². The summed E-state index contributed by atoms with van der Waals surface area (Å²) in [6.07, 6.45) is 1.12. The number of carbonyl (C=O) groups is 2. The van der Waals surface area contributed by atoms with Crippen LogP contribution in [0.15, 0.2) is 0 Å². The first-order chi connectivity index (χ1) is 7.97. The molecule has 0 aromatic carbocycles. The van der Waals surface area contributed by atoms with E-state index in [0.717, 1.165) is 0 Å². The third-order valence-electron chi connectivity index (χ3n) is 3.50. The summed E-state index contributed by atoms with van der Waals surface area (Å²) in [5.74, 6) is 0.0430. The van der Waals surface area contributed by atoms with Gasteiger partial charge in [0.25, 0.3) is 0 Å². The Morgan fingerprint density at radius 3 is 1.82 bits per heavy atom. The molecule has 1 saturated carbocycles. The molecule has 0 N–H and O–H groups in total. The summed E-state index contributed by atoms with van der Waals surface area (Å²) in [4.78, 5) is 23.8. The van der Waals surface area contributed by atoms with Gasteiger partial charge in [-0.15, -0.1) is 0 Å². The molecule has 0 amide bonds. The fraction of sp³-hybridized carbons (Fsp3) is 0.846. The van der Waals surface area contributed by atoms with Gasteiger partial charge in [-0.1, -0.05) is 13.8 Å². The van der Waals surface area contributed by atoms with Crippen molar-refractivity contribution in [2.24, 2.45) is 17.3 Å². The lowest BCUT2D eigenvalue weighted by atomic mass is 9.58. The molecular weight excluding hydrogens is 220 g/mol. The zero-order chi connectivity index (χ0) is 13.1. The van der Waals surface area contributed by atoms with Gasteiger partial charge in [0.15, 0.2) is 5.41 Å². The van der Waals surface area contributed by atoms with Gasteiger partial charge in [0.2, 0.25) is 0 Å². The highest BCUT2D eigenvalue weighted by atomic mass is 16.6. The van der Waals surface area contributed by atoms with Crippen molar-refractivity contribution in [3.05, 3.63) is 0 Å². The van der Waals surface area contributed by atoms with Crippen LogP contribution in [0.4, 0.5) is 0 Å². The summed E-state index contributed by atoms with van der Waals surface area (Å²) < 4.78 is 10.0. The van der Waals surface area contributed by atoms with Crippen LogP contribution in [0.3, 0.4) is 0 Å². The number of rotatable bonds is 5. The molecule has 4 heteroatoms. The molecule has 1 aliphatic carbocycles. The van der Waals surface area contributed by atoms with Crippen LogP contribution < -0.4 is 0 Å². The lowest BCUT2D eigenvalue weighted by molar-refractivity contribution is -0.184. The minimum atomic E-state index is -1.03. The zero-order valence-electron chi connectivity index (χ0n) is 11.1. The second-order valence-electron chi connectivity index (χ2n) is 4.94. The summed E-state index contributed by atoms with van der Waals surface area (Å²) in [5, 5.41) is 0. The van der Waals surface area contributed by atoms with Crippen molar-refractivity contribution in [1.29, 1.82) is 0 Å². The fourth-order valence-corrected chi connectivity index (χ4v) is 2.26. The molecule has 0 aromatic heterocycles. The number of hydrogen-bond acceptors (Lipinski definition) is 4. The quantitative estimate of drug-likeness (QED) is 0.547. The van der Waals surface area contributed by atoms with E-state index in [0.29, 0.717) is 37.9 Å². The maximum absolute atomic E-state index is 11.9. The Morgan fingerprint density at radius 2 is 1.53 bits per heavy atom. The number of ether oxygens (including phenoxy) is 2. The standard InChI is InChI=1S/C13H22O4/c1-5-16-11(14)13(12(15)17-6-2)7-10(8-13)9(3)4/h9-10H,5-8H2,1-4H3. The lowest BCUT2D eigenvalue weighted by Gasteiger charge is -2.44. The molecule has 0 unspecified atom stereocenters. The molecule has 0 spiro atoms. The van der Waals surface area contributed by atoms with Gasteiger partial charge in [0.1, 0.15) is 0 Å². The minimum absolute atomic E-state index is 0.298. The van der Waals surface area contributed by atoms with Crippen LogP contribution in [-0.4, -0.2) is 25.2 Å². The Labute approximate surface area is 103 Å². The van der Waals surface area contributed by atoms with E-state index in [9.17, 15) is 9.59 Å². The SMILES string of the molecule is CCOC(=O)C1(C(=O)OCC)CC(C(C)C)C1. The van der Waals surface area contributed by atoms with E-state index in [4.69, 9.17) is 9.47 Å². The Balaban J connectivity index is 2.75. The van der Waals surface area contributed by atoms with Crippen molar-refractivity contribution in [3.63, 3.8) is 0 Å². The first-order valence-corrected chi connectivity index (χ1v) is 6.32. The smallest absolute Gasteiger partial charge is 0.323 e. The predicted molar refractivity (Wildman–Crippen MR) is 63.3 cm³/mol. The highest BCUT2D eigenvalue weighted by Gasteiger charge is 2.58. The van der Waals surface area contributed by atoms with Crippen LogP contribution in [0, 0.1) is 17.3 Å². The van der Waals surface area contributed by atoms with Gasteiger partial charge in [-0.05, 0) is 38.5 Å². The molecule has 0 saturated heterocycles. The van der Waals surface area contributed by atoms with Crippen LogP contribution in [0.25, 0.3) is 0 Å². The van der Waals surface area contributed by atoms with E-state index in [1.807, 2.05) is 0 Å². The molecule has 0 aliphatic heterocycles. The molecule has 1 aliphatic rings. The molecule has 0 radical (unpaired) electrons. The molecule has 0 aromatic rings. The second kappa shape index (κ2) is 5.52. The molecule has 4 nitrogen and oxygen atoms in total. The topological polar surface area (TPSA) is 52.6 Å². The number of carbonyl (C=O) groups excluding carboxylic acids is 2. The summed E-state index contributed by atoms with van der Waals surface area (Å²) in [6, 6.07) is 0. The average Bonchev–Trinajstić information content (AvgIpc) is 2.16. The Morgan fingerprint density at radius 1 is 1.12 bits per heavy atom. The molecular formula is C13H22O4. The van der Waals surface area contributed by atoms with Crippen molar-refractivity contribution in [2.45, 2.75) is 40.5 Å². The van der Waals surface area contributed by atoms with E-state index in [1.165, 1.54) is 0 Å². The largest absolute Gasteiger partial charge is 0.465 e. The molecule has 1 fully saturated rings. The first-order valence-electron chi connectivity index (χ1n) is 6.32. The number of hydrogen-bond donors (Lipinski definition) is 0. The van der Waals surface area contributed by atoms with E-state index < -0.39 is 17.4 Å². The summed E-state index contributed by atoms with van der Waals surface area (Å²) >= 11 is 0. The van der Waals surface area contributed by atoms with Crippen LogP contribution in [0.1, 0.15) is 40.5 Å². The van der Waals surface area contributed by atoms with Gasteiger partial charge in [-0.25, -0.2) is 0 Å². The zero-order valence-corrected chi connectivity index (χ0v) is 11.1. The van der Waals surface area contributed by atoms with Crippen molar-refractivity contribution < 1.29 is 19.1 Å². The van der Waals surface area contributed by atoms with Crippen molar-refractivity contribution >= 4 is 11.9 Å². The maximum Gasteiger partial charge on any atom is 0.323 e. The first kappa shape index (κ1) is 14.0. The van der Waals surface area contributed by atoms with Crippen molar-refractivity contribution in [3.8, 4) is 0 Å². The molecule has 17 heavy (non-hydrogen) atoms. The molecule has 0 bridgehead atoms. The van der Waals surface area contributed by atoms with Gasteiger partial charge in [-0.2, -0.15) is 0 Å². The second-order valence-corrected chi connectivity index (χ2v) is 4.94. The average molecular weight is 242 g/mol. The van der Waals surface area contributed by atoms with Gasteiger partial charge in [0.05, 0.1) is 13.2 Å². The predicted octanol–water partition coefficient (Wildman–Crippen LogP) is 2.17. The van der Waals surface area contributed by atoms with Crippen LogP contribution in [0.2, 0.25) is 0 Å². The Hall–Kier alpha value is -1.06. The molecule has 98 valence electrons. The summed E-state index contributed by atoms with van der Waals surface area (Å²) in [5.41, 5.74) is -1.03. The summed E-state index contributed by atoms with van der Waals surface area (Å²) in [7, 11) is 0. The maximum atomic E-state index is 11.9. The molecule has 1 rings (SSSR count). The van der Waals surface area contributed by atoms with Gasteiger partial charge < -0.3 is 9.47 Å². The molecule has 0 heterocycles. The third kappa shape index (κ3) is 2.61. The van der Waals surface area contributed by atoms with E-state index in [1.54, 1.807) is 13.8 Å². The van der Waals surface area contributed by atoms with Crippen LogP contribution >= 0.6 is 0 Å².